The van der Waals surface area contributed by atoms with Gasteiger partial charge in [0.2, 0.25) is 0 Å². The Kier molecular flexibility index (Phi) is 4.40. The van der Waals surface area contributed by atoms with E-state index in [1.54, 1.807) is 32.0 Å². The van der Waals surface area contributed by atoms with Gasteiger partial charge in [0.25, 0.3) is 0 Å². The second-order valence-corrected chi connectivity index (χ2v) is 6.46. The summed E-state index contributed by atoms with van der Waals surface area (Å²) in [4.78, 5) is 12.5. The molecule has 0 aliphatic rings. The molecule has 0 aromatic heterocycles. The molecule has 0 radical (unpaired) electrons. The minimum atomic E-state index is -0.250. The second kappa shape index (κ2) is 5.71. The molecule has 0 heterocycles. The van der Waals surface area contributed by atoms with Crippen molar-refractivity contribution >= 4 is 44.3 Å². The third kappa shape index (κ3) is 3.05. The molecule has 0 atom stereocenters. The predicted octanol–water partition coefficient (Wildman–Crippen LogP) is 5.04. The normalized spacial score (nSPS) is 10.6. The molecule has 1 nitrogen and oxygen atoms in total. The number of hydrogen-bond donors (Lipinski definition) is 0. The highest BCUT2D eigenvalue weighted by atomic mass is 127. The van der Waals surface area contributed by atoms with Gasteiger partial charge in [-0.25, -0.2) is 4.39 Å². The molecule has 2 aromatic rings. The molecule has 19 heavy (non-hydrogen) atoms. The highest BCUT2D eigenvalue weighted by Crippen LogP contribution is 2.23. The Bertz CT molecular complexity index is 644. The number of ketones is 1. The first-order valence-corrected chi connectivity index (χ1v) is 7.54. The molecule has 0 bridgehead atoms. The van der Waals surface area contributed by atoms with Crippen molar-refractivity contribution in [3.05, 3.63) is 66.4 Å². The summed E-state index contributed by atoms with van der Waals surface area (Å²) in [6.45, 7) is 3.34. The maximum Gasteiger partial charge on any atom is 0.194 e. The zero-order valence-electron chi connectivity index (χ0n) is 10.4. The van der Waals surface area contributed by atoms with E-state index in [1.165, 1.54) is 0 Å². The zero-order chi connectivity index (χ0) is 14.2. The lowest BCUT2D eigenvalue weighted by Crippen LogP contribution is -2.05. The SMILES string of the molecule is Cc1cc(C(=O)c2cc(Br)ccc2I)cc(C)c1F. The van der Waals surface area contributed by atoms with Gasteiger partial charge >= 0.3 is 0 Å². The summed E-state index contributed by atoms with van der Waals surface area (Å²) in [5.41, 5.74) is 2.13. The molecular weight excluding hydrogens is 422 g/mol. The zero-order valence-corrected chi connectivity index (χ0v) is 14.2. The summed E-state index contributed by atoms with van der Waals surface area (Å²) in [7, 11) is 0. The van der Waals surface area contributed by atoms with Gasteiger partial charge in [0, 0.05) is 19.2 Å². The third-order valence-corrected chi connectivity index (χ3v) is 4.31. The number of halogens is 3. The Morgan fingerprint density at radius 3 is 2.32 bits per heavy atom. The van der Waals surface area contributed by atoms with E-state index in [4.69, 9.17) is 0 Å². The Balaban J connectivity index is 2.53. The maximum atomic E-state index is 13.6. The van der Waals surface area contributed by atoms with Crippen LogP contribution < -0.4 is 0 Å². The van der Waals surface area contributed by atoms with Crippen molar-refractivity contribution in [1.82, 2.24) is 0 Å². The standard InChI is InChI=1S/C15H11BrFIO/c1-8-5-10(6-9(2)14(8)17)15(19)12-7-11(16)3-4-13(12)18/h3-7H,1-2H3. The van der Waals surface area contributed by atoms with Crippen LogP contribution in [-0.2, 0) is 0 Å². The molecule has 4 heteroatoms. The molecule has 0 saturated heterocycles. The summed E-state index contributed by atoms with van der Waals surface area (Å²) >= 11 is 5.49. The van der Waals surface area contributed by atoms with Crippen LogP contribution >= 0.6 is 38.5 Å². The molecule has 0 unspecified atom stereocenters. The third-order valence-electron chi connectivity index (χ3n) is 2.87. The number of carbonyl (C=O) groups is 1. The molecule has 0 aliphatic heterocycles. The number of benzene rings is 2. The molecule has 0 fully saturated rings. The van der Waals surface area contributed by atoms with Crippen LogP contribution in [0.5, 0.6) is 0 Å². The Morgan fingerprint density at radius 1 is 1.16 bits per heavy atom. The van der Waals surface area contributed by atoms with E-state index in [2.05, 4.69) is 38.5 Å². The fraction of sp³-hybridized carbons (Fsp3) is 0.133. The van der Waals surface area contributed by atoms with Crippen molar-refractivity contribution < 1.29 is 9.18 Å². The summed E-state index contributed by atoms with van der Waals surface area (Å²) in [5, 5.41) is 0. The molecular formula is C15H11BrFIO. The lowest BCUT2D eigenvalue weighted by atomic mass is 9.99. The van der Waals surface area contributed by atoms with Crippen molar-refractivity contribution in [2.24, 2.45) is 0 Å². The lowest BCUT2D eigenvalue weighted by Gasteiger charge is -2.08. The van der Waals surface area contributed by atoms with Crippen LogP contribution in [0.1, 0.15) is 27.0 Å². The van der Waals surface area contributed by atoms with E-state index in [-0.39, 0.29) is 11.6 Å². The van der Waals surface area contributed by atoms with Crippen molar-refractivity contribution in [2.45, 2.75) is 13.8 Å². The van der Waals surface area contributed by atoms with Gasteiger partial charge < -0.3 is 0 Å². The fourth-order valence-electron chi connectivity index (χ4n) is 1.90. The molecule has 2 rings (SSSR count). The maximum absolute atomic E-state index is 13.6. The Morgan fingerprint density at radius 2 is 1.74 bits per heavy atom. The van der Waals surface area contributed by atoms with E-state index in [0.29, 0.717) is 22.3 Å². The van der Waals surface area contributed by atoms with Gasteiger partial charge in [-0.3, -0.25) is 4.79 Å². The van der Waals surface area contributed by atoms with Gasteiger partial charge in [-0.15, -0.1) is 0 Å². The van der Waals surface area contributed by atoms with Gasteiger partial charge in [0.1, 0.15) is 5.82 Å². The van der Waals surface area contributed by atoms with Crippen LogP contribution in [0.3, 0.4) is 0 Å². The van der Waals surface area contributed by atoms with E-state index < -0.39 is 0 Å². The van der Waals surface area contributed by atoms with Crippen molar-refractivity contribution in [3.63, 3.8) is 0 Å². The summed E-state index contributed by atoms with van der Waals surface area (Å²) in [6.07, 6.45) is 0. The van der Waals surface area contributed by atoms with Crippen LogP contribution in [0.2, 0.25) is 0 Å². The monoisotopic (exact) mass is 432 g/mol. The summed E-state index contributed by atoms with van der Waals surface area (Å²) in [5.74, 6) is -0.336. The van der Waals surface area contributed by atoms with E-state index in [9.17, 15) is 9.18 Å². The Labute approximate surface area is 133 Å². The van der Waals surface area contributed by atoms with Gasteiger partial charge in [-0.05, 0) is 77.9 Å². The minimum Gasteiger partial charge on any atom is -0.289 e. The summed E-state index contributed by atoms with van der Waals surface area (Å²) < 4.78 is 15.3. The quantitative estimate of drug-likeness (QED) is 0.480. The number of carbonyl (C=O) groups excluding carboxylic acids is 1. The average molecular weight is 433 g/mol. The van der Waals surface area contributed by atoms with Crippen molar-refractivity contribution in [2.75, 3.05) is 0 Å². The number of rotatable bonds is 2. The number of hydrogen-bond acceptors (Lipinski definition) is 1. The van der Waals surface area contributed by atoms with Crippen LogP contribution in [0, 0.1) is 23.2 Å². The topological polar surface area (TPSA) is 17.1 Å². The molecule has 0 saturated carbocycles. The molecule has 2 aromatic carbocycles. The van der Waals surface area contributed by atoms with Crippen molar-refractivity contribution in [1.29, 1.82) is 0 Å². The fourth-order valence-corrected chi connectivity index (χ4v) is 2.85. The highest BCUT2D eigenvalue weighted by Gasteiger charge is 2.15. The van der Waals surface area contributed by atoms with Crippen LogP contribution in [0.25, 0.3) is 0 Å². The average Bonchev–Trinajstić information content (AvgIpc) is 2.37. The van der Waals surface area contributed by atoms with Crippen LogP contribution in [0.4, 0.5) is 4.39 Å². The molecule has 0 aliphatic carbocycles. The first-order chi connectivity index (χ1) is 8.90. The predicted molar refractivity (Wildman–Crippen MR) is 86.2 cm³/mol. The smallest absolute Gasteiger partial charge is 0.194 e. The van der Waals surface area contributed by atoms with Gasteiger partial charge in [-0.1, -0.05) is 15.9 Å². The van der Waals surface area contributed by atoms with Gasteiger partial charge in [0.15, 0.2) is 5.78 Å². The van der Waals surface area contributed by atoms with Crippen LogP contribution in [0.15, 0.2) is 34.8 Å². The molecule has 0 N–H and O–H groups in total. The van der Waals surface area contributed by atoms with Gasteiger partial charge in [0.05, 0.1) is 0 Å². The lowest BCUT2D eigenvalue weighted by molar-refractivity contribution is 0.103. The Hall–Kier alpha value is -0.750. The molecule has 0 spiro atoms. The van der Waals surface area contributed by atoms with E-state index in [0.717, 1.165) is 8.04 Å². The number of aryl methyl sites for hydroxylation is 2. The highest BCUT2D eigenvalue weighted by molar-refractivity contribution is 14.1. The van der Waals surface area contributed by atoms with E-state index in [1.807, 2.05) is 12.1 Å². The van der Waals surface area contributed by atoms with Crippen molar-refractivity contribution in [3.8, 4) is 0 Å². The second-order valence-electron chi connectivity index (χ2n) is 4.38. The molecule has 98 valence electrons. The minimum absolute atomic E-state index is 0.0862. The largest absolute Gasteiger partial charge is 0.289 e. The van der Waals surface area contributed by atoms with Gasteiger partial charge in [-0.2, -0.15) is 0 Å². The first kappa shape index (κ1) is 14.7. The van der Waals surface area contributed by atoms with E-state index >= 15 is 0 Å². The first-order valence-electron chi connectivity index (χ1n) is 5.66. The summed E-state index contributed by atoms with van der Waals surface area (Å²) in [6, 6.07) is 8.75. The van der Waals surface area contributed by atoms with Crippen LogP contribution in [-0.4, -0.2) is 5.78 Å². The molecule has 0 amide bonds.